The summed E-state index contributed by atoms with van der Waals surface area (Å²) in [6.07, 6.45) is 1.11. The number of hydrogen-bond acceptors (Lipinski definition) is 2. The minimum atomic E-state index is -0.0266. The summed E-state index contributed by atoms with van der Waals surface area (Å²) in [6, 6.07) is 7.95. The van der Waals surface area contributed by atoms with Gasteiger partial charge >= 0.3 is 0 Å². The lowest BCUT2D eigenvalue weighted by Crippen LogP contribution is -1.89. The van der Waals surface area contributed by atoms with E-state index in [1.165, 1.54) is 12.5 Å². The number of benzene rings is 1. The van der Waals surface area contributed by atoms with Crippen molar-refractivity contribution < 1.29 is 9.21 Å². The van der Waals surface area contributed by atoms with Crippen LogP contribution in [0.1, 0.15) is 49.2 Å². The molecular formula is C14H16O2. The van der Waals surface area contributed by atoms with Gasteiger partial charge in [0.25, 0.3) is 0 Å². The fraction of sp³-hybridized carbons (Fsp3) is 0.357. The van der Waals surface area contributed by atoms with E-state index in [-0.39, 0.29) is 5.78 Å². The Hall–Kier alpha value is -1.57. The first kappa shape index (κ1) is 10.9. The van der Waals surface area contributed by atoms with Crippen LogP contribution in [-0.4, -0.2) is 5.78 Å². The Kier molecular flexibility index (Phi) is 2.82. The molecular weight excluding hydrogens is 200 g/mol. The average molecular weight is 216 g/mol. The molecule has 0 aliphatic carbocycles. The molecule has 16 heavy (non-hydrogen) atoms. The molecule has 0 amide bonds. The summed E-state index contributed by atoms with van der Waals surface area (Å²) in [7, 11) is 0. The van der Waals surface area contributed by atoms with E-state index in [2.05, 4.69) is 26.0 Å². The Morgan fingerprint density at radius 1 is 1.38 bits per heavy atom. The minimum absolute atomic E-state index is 0.0266. The standard InChI is InChI=1S/C14H16O2/c1-4-9(2)11-5-6-13-12(7-11)8-14(16-13)10(3)15/h5-9H,4H2,1-3H3. The third kappa shape index (κ3) is 1.87. The maximum Gasteiger partial charge on any atom is 0.194 e. The highest BCUT2D eigenvalue weighted by Crippen LogP contribution is 2.26. The summed E-state index contributed by atoms with van der Waals surface area (Å²) >= 11 is 0. The van der Waals surface area contributed by atoms with E-state index in [1.54, 1.807) is 0 Å². The highest BCUT2D eigenvalue weighted by atomic mass is 16.3. The van der Waals surface area contributed by atoms with Crippen molar-refractivity contribution in [1.29, 1.82) is 0 Å². The first-order valence-electron chi connectivity index (χ1n) is 5.66. The monoisotopic (exact) mass is 216 g/mol. The van der Waals surface area contributed by atoms with Crippen LogP contribution in [0.15, 0.2) is 28.7 Å². The lowest BCUT2D eigenvalue weighted by Gasteiger charge is -2.07. The molecule has 2 rings (SSSR count). The molecule has 1 aromatic heterocycles. The lowest BCUT2D eigenvalue weighted by molar-refractivity contribution is 0.0989. The molecule has 0 radical (unpaired) electrons. The van der Waals surface area contributed by atoms with E-state index in [0.29, 0.717) is 11.7 Å². The zero-order valence-corrected chi connectivity index (χ0v) is 9.91. The molecule has 0 fully saturated rings. The zero-order chi connectivity index (χ0) is 11.7. The van der Waals surface area contributed by atoms with Gasteiger partial charge in [0, 0.05) is 12.3 Å². The Labute approximate surface area is 95.3 Å². The number of Topliss-reactive ketones (excluding diaryl/α,β-unsaturated/α-hetero) is 1. The van der Waals surface area contributed by atoms with Crippen LogP contribution in [0.2, 0.25) is 0 Å². The summed E-state index contributed by atoms with van der Waals surface area (Å²) in [5.41, 5.74) is 2.09. The highest BCUT2D eigenvalue weighted by Gasteiger charge is 2.09. The maximum absolute atomic E-state index is 11.2. The van der Waals surface area contributed by atoms with Gasteiger partial charge in [-0.2, -0.15) is 0 Å². The number of fused-ring (bicyclic) bond motifs is 1. The molecule has 1 unspecified atom stereocenters. The van der Waals surface area contributed by atoms with Crippen molar-refractivity contribution in [2.75, 3.05) is 0 Å². The fourth-order valence-electron chi connectivity index (χ4n) is 1.78. The van der Waals surface area contributed by atoms with Crippen LogP contribution in [0, 0.1) is 0 Å². The van der Waals surface area contributed by atoms with Gasteiger partial charge in [-0.15, -0.1) is 0 Å². The Balaban J connectivity index is 2.49. The number of rotatable bonds is 3. The molecule has 84 valence electrons. The van der Waals surface area contributed by atoms with Crippen molar-refractivity contribution in [3.05, 3.63) is 35.6 Å². The first-order chi connectivity index (χ1) is 7.61. The van der Waals surface area contributed by atoms with Gasteiger partial charge < -0.3 is 4.42 Å². The smallest absolute Gasteiger partial charge is 0.194 e. The molecule has 1 atom stereocenters. The van der Waals surface area contributed by atoms with Crippen molar-refractivity contribution in [3.8, 4) is 0 Å². The second kappa shape index (κ2) is 4.12. The van der Waals surface area contributed by atoms with Crippen molar-refractivity contribution in [3.63, 3.8) is 0 Å². The van der Waals surface area contributed by atoms with Crippen molar-refractivity contribution in [2.45, 2.75) is 33.1 Å². The van der Waals surface area contributed by atoms with Gasteiger partial charge in [-0.05, 0) is 36.1 Å². The minimum Gasteiger partial charge on any atom is -0.453 e. The molecule has 0 bridgehead atoms. The molecule has 2 aromatic rings. The van der Waals surface area contributed by atoms with Crippen LogP contribution in [-0.2, 0) is 0 Å². The van der Waals surface area contributed by atoms with Crippen LogP contribution in [0.3, 0.4) is 0 Å². The number of carbonyl (C=O) groups excluding carboxylic acids is 1. The molecule has 0 aliphatic heterocycles. The molecule has 2 heteroatoms. The second-order valence-corrected chi connectivity index (χ2v) is 4.27. The third-order valence-corrected chi connectivity index (χ3v) is 3.07. The SMILES string of the molecule is CCC(C)c1ccc2oc(C(C)=O)cc2c1. The topological polar surface area (TPSA) is 30.2 Å². The molecule has 0 saturated carbocycles. The Bertz CT molecular complexity index is 523. The largest absolute Gasteiger partial charge is 0.453 e. The van der Waals surface area contributed by atoms with Gasteiger partial charge in [0.15, 0.2) is 11.5 Å². The van der Waals surface area contributed by atoms with Gasteiger partial charge in [-0.3, -0.25) is 4.79 Å². The first-order valence-corrected chi connectivity index (χ1v) is 5.66. The van der Waals surface area contributed by atoms with E-state index >= 15 is 0 Å². The second-order valence-electron chi connectivity index (χ2n) is 4.27. The molecule has 0 aliphatic rings. The predicted octanol–water partition coefficient (Wildman–Crippen LogP) is 4.15. The molecule has 2 nitrogen and oxygen atoms in total. The molecule has 0 saturated heterocycles. The molecule has 1 aromatic carbocycles. The van der Waals surface area contributed by atoms with Crippen LogP contribution >= 0.6 is 0 Å². The maximum atomic E-state index is 11.2. The Morgan fingerprint density at radius 3 is 2.75 bits per heavy atom. The van der Waals surface area contributed by atoms with E-state index in [1.807, 2.05) is 12.1 Å². The lowest BCUT2D eigenvalue weighted by atomic mass is 9.98. The molecule has 0 spiro atoms. The summed E-state index contributed by atoms with van der Waals surface area (Å²) in [5.74, 6) is 0.956. The van der Waals surface area contributed by atoms with Crippen molar-refractivity contribution >= 4 is 16.8 Å². The van der Waals surface area contributed by atoms with Crippen molar-refractivity contribution in [2.24, 2.45) is 0 Å². The number of ketones is 1. The van der Waals surface area contributed by atoms with Gasteiger partial charge in [-0.1, -0.05) is 19.9 Å². The fourth-order valence-corrected chi connectivity index (χ4v) is 1.78. The molecule has 0 N–H and O–H groups in total. The number of hydrogen-bond donors (Lipinski definition) is 0. The summed E-state index contributed by atoms with van der Waals surface area (Å²) in [4.78, 5) is 11.2. The average Bonchev–Trinajstić information content (AvgIpc) is 2.70. The van der Waals surface area contributed by atoms with Crippen LogP contribution < -0.4 is 0 Å². The third-order valence-electron chi connectivity index (χ3n) is 3.07. The Morgan fingerprint density at radius 2 is 2.12 bits per heavy atom. The van der Waals surface area contributed by atoms with Crippen LogP contribution in [0.4, 0.5) is 0 Å². The molecule has 1 heterocycles. The van der Waals surface area contributed by atoms with Crippen LogP contribution in [0.5, 0.6) is 0 Å². The van der Waals surface area contributed by atoms with Gasteiger partial charge in [-0.25, -0.2) is 0 Å². The zero-order valence-electron chi connectivity index (χ0n) is 9.91. The summed E-state index contributed by atoms with van der Waals surface area (Å²) in [5, 5.41) is 1.02. The van der Waals surface area contributed by atoms with Gasteiger partial charge in [0.05, 0.1) is 0 Å². The van der Waals surface area contributed by atoms with E-state index in [0.717, 1.165) is 17.4 Å². The van der Waals surface area contributed by atoms with Gasteiger partial charge in [0.2, 0.25) is 0 Å². The summed E-state index contributed by atoms with van der Waals surface area (Å²) in [6.45, 7) is 5.89. The van der Waals surface area contributed by atoms with E-state index in [9.17, 15) is 4.79 Å². The van der Waals surface area contributed by atoms with E-state index in [4.69, 9.17) is 4.42 Å². The van der Waals surface area contributed by atoms with Crippen molar-refractivity contribution in [1.82, 2.24) is 0 Å². The van der Waals surface area contributed by atoms with Crippen LogP contribution in [0.25, 0.3) is 11.0 Å². The normalized spacial score (nSPS) is 12.9. The van der Waals surface area contributed by atoms with Gasteiger partial charge in [0.1, 0.15) is 5.58 Å². The summed E-state index contributed by atoms with van der Waals surface area (Å²) < 4.78 is 5.45. The number of furan rings is 1. The highest BCUT2D eigenvalue weighted by molar-refractivity contribution is 5.96. The predicted molar refractivity (Wildman–Crippen MR) is 64.9 cm³/mol. The number of carbonyl (C=O) groups is 1. The van der Waals surface area contributed by atoms with E-state index < -0.39 is 0 Å². The quantitative estimate of drug-likeness (QED) is 0.721.